The van der Waals surface area contributed by atoms with Gasteiger partial charge in [0.2, 0.25) is 0 Å². The predicted molar refractivity (Wildman–Crippen MR) is 84.7 cm³/mol. The molecule has 0 aliphatic heterocycles. The minimum absolute atomic E-state index is 0.241. The van der Waals surface area contributed by atoms with Crippen LogP contribution in [-0.4, -0.2) is 16.7 Å². The fourth-order valence-corrected chi connectivity index (χ4v) is 3.88. The molecule has 1 aromatic heterocycles. The van der Waals surface area contributed by atoms with Gasteiger partial charge < -0.3 is 0 Å². The molecule has 0 saturated heterocycles. The van der Waals surface area contributed by atoms with Crippen LogP contribution in [0.25, 0.3) is 0 Å². The Hall–Kier alpha value is -0.640. The second-order valence-corrected chi connectivity index (χ2v) is 6.36. The number of rotatable bonds is 6. The third kappa shape index (κ3) is 3.16. The number of hydrogen-bond donors (Lipinski definition) is 0. The van der Waals surface area contributed by atoms with Crippen LogP contribution in [0.3, 0.4) is 0 Å². The maximum absolute atomic E-state index is 14.1. The summed E-state index contributed by atoms with van der Waals surface area (Å²) in [6, 6.07) is 6.74. The monoisotopic (exact) mass is 331 g/mol. The van der Waals surface area contributed by atoms with Crippen molar-refractivity contribution in [1.82, 2.24) is 4.98 Å². The van der Waals surface area contributed by atoms with E-state index >= 15 is 0 Å². The summed E-state index contributed by atoms with van der Waals surface area (Å²) in [6.45, 7) is 1.98. The van der Waals surface area contributed by atoms with Crippen molar-refractivity contribution in [2.45, 2.75) is 25.2 Å². The predicted octanol–water partition coefficient (Wildman–Crippen LogP) is 4.94. The largest absolute Gasteiger partial charge is 0.250 e. The van der Waals surface area contributed by atoms with Crippen molar-refractivity contribution in [3.05, 3.63) is 51.7 Å². The van der Waals surface area contributed by atoms with Crippen LogP contribution < -0.4 is 0 Å². The number of nitrogens with zero attached hydrogens (tertiary/aromatic N) is 1. The van der Waals surface area contributed by atoms with Crippen LogP contribution in [0.2, 0.25) is 0 Å². The third-order valence-electron chi connectivity index (χ3n) is 3.63. The van der Waals surface area contributed by atoms with Crippen molar-refractivity contribution in [1.29, 1.82) is 0 Å². The lowest BCUT2D eigenvalue weighted by Gasteiger charge is -2.30. The van der Waals surface area contributed by atoms with Crippen molar-refractivity contribution in [2.24, 2.45) is 0 Å². The summed E-state index contributed by atoms with van der Waals surface area (Å²) in [7, 11) is 0. The normalized spacial score (nSPS) is 11.8. The fraction of sp³-hybridized carbons (Fsp3) is 0.400. The van der Waals surface area contributed by atoms with E-state index in [0.29, 0.717) is 23.7 Å². The molecule has 0 bridgehead atoms. The van der Waals surface area contributed by atoms with E-state index in [0.717, 1.165) is 12.1 Å². The molecule has 1 heterocycles. The van der Waals surface area contributed by atoms with E-state index < -0.39 is 5.41 Å². The zero-order valence-corrected chi connectivity index (χ0v) is 13.5. The summed E-state index contributed by atoms with van der Waals surface area (Å²) >= 11 is 13.9. The van der Waals surface area contributed by atoms with E-state index in [1.807, 2.05) is 18.5 Å². The Morgan fingerprint density at radius 2 is 1.95 bits per heavy atom. The number of alkyl halides is 2. The Morgan fingerprint density at radius 1 is 1.25 bits per heavy atom. The van der Waals surface area contributed by atoms with Crippen LogP contribution in [0.5, 0.6) is 0 Å². The fourth-order valence-electron chi connectivity index (χ4n) is 2.26. The molecule has 2 aromatic rings. The first kappa shape index (κ1) is 15.7. The molecule has 5 heteroatoms. The summed E-state index contributed by atoms with van der Waals surface area (Å²) in [5, 5.41) is 0. The standard InChI is InChI=1S/C15H16Cl2FNS/c1-11-14(20-10-19-11)6-7-15(8-16,9-17)12-4-2-3-5-13(12)18/h2-5,10H,6-9H2,1H3. The molecule has 0 aliphatic carbocycles. The first-order valence-electron chi connectivity index (χ1n) is 6.39. The van der Waals surface area contributed by atoms with Gasteiger partial charge in [-0.05, 0) is 31.4 Å². The number of thiazole rings is 1. The second kappa shape index (κ2) is 6.88. The van der Waals surface area contributed by atoms with Crippen LogP contribution in [0, 0.1) is 12.7 Å². The summed E-state index contributed by atoms with van der Waals surface area (Å²) in [5.74, 6) is 0.361. The lowest BCUT2D eigenvalue weighted by molar-refractivity contribution is 0.461. The topological polar surface area (TPSA) is 12.9 Å². The molecule has 108 valence electrons. The first-order valence-corrected chi connectivity index (χ1v) is 8.34. The van der Waals surface area contributed by atoms with Crippen LogP contribution in [-0.2, 0) is 11.8 Å². The molecule has 2 rings (SSSR count). The van der Waals surface area contributed by atoms with Crippen LogP contribution in [0.4, 0.5) is 4.39 Å². The van der Waals surface area contributed by atoms with Crippen molar-refractivity contribution >= 4 is 34.5 Å². The number of aryl methyl sites for hydroxylation is 2. The van der Waals surface area contributed by atoms with Gasteiger partial charge in [0.25, 0.3) is 0 Å². The molecule has 1 nitrogen and oxygen atoms in total. The molecular weight excluding hydrogens is 316 g/mol. The molecule has 0 radical (unpaired) electrons. The highest BCUT2D eigenvalue weighted by Crippen LogP contribution is 2.35. The van der Waals surface area contributed by atoms with E-state index in [-0.39, 0.29) is 5.82 Å². The lowest BCUT2D eigenvalue weighted by atomic mass is 9.79. The van der Waals surface area contributed by atoms with Crippen molar-refractivity contribution in [2.75, 3.05) is 11.8 Å². The van der Waals surface area contributed by atoms with Gasteiger partial charge >= 0.3 is 0 Å². The minimum atomic E-state index is -0.537. The van der Waals surface area contributed by atoms with Gasteiger partial charge in [-0.1, -0.05) is 18.2 Å². The highest BCUT2D eigenvalue weighted by Gasteiger charge is 2.33. The summed E-state index contributed by atoms with van der Waals surface area (Å²) in [5.41, 5.74) is 2.93. The van der Waals surface area contributed by atoms with Crippen LogP contribution in [0.15, 0.2) is 29.8 Å². The summed E-state index contributed by atoms with van der Waals surface area (Å²) < 4.78 is 14.1. The quantitative estimate of drug-likeness (QED) is 0.683. The number of aromatic nitrogens is 1. The molecule has 0 amide bonds. The van der Waals surface area contributed by atoms with Crippen LogP contribution in [0.1, 0.15) is 22.6 Å². The number of halogens is 3. The van der Waals surface area contributed by atoms with E-state index in [2.05, 4.69) is 4.98 Å². The van der Waals surface area contributed by atoms with E-state index in [9.17, 15) is 4.39 Å². The molecule has 0 aliphatic rings. The number of benzene rings is 1. The molecular formula is C15H16Cl2FNS. The molecule has 20 heavy (non-hydrogen) atoms. The van der Waals surface area contributed by atoms with Gasteiger partial charge in [-0.2, -0.15) is 0 Å². The smallest absolute Gasteiger partial charge is 0.127 e. The zero-order valence-electron chi connectivity index (χ0n) is 11.2. The molecule has 0 fully saturated rings. The van der Waals surface area contributed by atoms with Gasteiger partial charge in [0.1, 0.15) is 5.82 Å². The Morgan fingerprint density at radius 3 is 2.50 bits per heavy atom. The average Bonchev–Trinajstić information content (AvgIpc) is 2.87. The molecule has 0 atom stereocenters. The summed E-state index contributed by atoms with van der Waals surface area (Å²) in [6.07, 6.45) is 1.52. The number of hydrogen-bond acceptors (Lipinski definition) is 2. The highest BCUT2D eigenvalue weighted by molar-refractivity contribution is 7.09. The van der Waals surface area contributed by atoms with Crippen molar-refractivity contribution < 1.29 is 4.39 Å². The van der Waals surface area contributed by atoms with Gasteiger partial charge in [-0.25, -0.2) is 9.37 Å². The Kier molecular flexibility index (Phi) is 5.42. The van der Waals surface area contributed by atoms with Gasteiger partial charge in [0.05, 0.1) is 11.2 Å². The zero-order chi connectivity index (χ0) is 14.6. The molecule has 0 N–H and O–H groups in total. The molecule has 0 saturated carbocycles. The third-order valence-corrected chi connectivity index (χ3v) is 5.65. The van der Waals surface area contributed by atoms with E-state index in [1.165, 1.54) is 10.9 Å². The van der Waals surface area contributed by atoms with Gasteiger partial charge in [-0.15, -0.1) is 34.5 Å². The van der Waals surface area contributed by atoms with Gasteiger partial charge in [-0.3, -0.25) is 0 Å². The highest BCUT2D eigenvalue weighted by atomic mass is 35.5. The molecule has 0 unspecified atom stereocenters. The van der Waals surface area contributed by atoms with Crippen molar-refractivity contribution in [3.63, 3.8) is 0 Å². The van der Waals surface area contributed by atoms with E-state index in [4.69, 9.17) is 23.2 Å². The Balaban J connectivity index is 2.26. The molecule has 1 aromatic carbocycles. The van der Waals surface area contributed by atoms with Gasteiger partial charge in [0, 0.05) is 22.1 Å². The Bertz CT molecular complexity index is 567. The summed E-state index contributed by atoms with van der Waals surface area (Å²) in [4.78, 5) is 5.45. The average molecular weight is 332 g/mol. The SMILES string of the molecule is Cc1ncsc1CCC(CCl)(CCl)c1ccccc1F. The molecule has 0 spiro atoms. The maximum Gasteiger partial charge on any atom is 0.127 e. The van der Waals surface area contributed by atoms with Gasteiger partial charge in [0.15, 0.2) is 0 Å². The maximum atomic E-state index is 14.1. The lowest BCUT2D eigenvalue weighted by Crippen LogP contribution is -2.32. The second-order valence-electron chi connectivity index (χ2n) is 4.89. The Labute approximate surface area is 132 Å². The minimum Gasteiger partial charge on any atom is -0.250 e. The first-order chi connectivity index (χ1) is 9.63. The van der Waals surface area contributed by atoms with Crippen LogP contribution >= 0.6 is 34.5 Å². The van der Waals surface area contributed by atoms with E-state index in [1.54, 1.807) is 23.5 Å². The van der Waals surface area contributed by atoms with Crippen molar-refractivity contribution in [3.8, 4) is 0 Å².